The Hall–Kier alpha value is -1.96. The van der Waals surface area contributed by atoms with E-state index in [1.54, 1.807) is 0 Å². The smallest absolute Gasteiger partial charge is 0.123 e. The summed E-state index contributed by atoms with van der Waals surface area (Å²) in [6.45, 7) is 3.45. The monoisotopic (exact) mass is 240 g/mol. The predicted octanol–water partition coefficient (Wildman–Crippen LogP) is 3.55. The van der Waals surface area contributed by atoms with Gasteiger partial charge in [-0.1, -0.05) is 35.9 Å². The first-order valence-corrected chi connectivity index (χ1v) is 6.24. The number of rotatable bonds is 3. The standard InChI is InChI=1S/C16H16O2/c1-12-6-8-14(9-7-12)17-10-13-11-18-16-5-3-2-4-15(13)16/h2-9,13H,10-11H2,1H3. The van der Waals surface area contributed by atoms with Crippen LogP contribution in [0.3, 0.4) is 0 Å². The second-order valence-corrected chi connectivity index (χ2v) is 4.67. The number of benzene rings is 2. The van der Waals surface area contributed by atoms with Crippen LogP contribution < -0.4 is 9.47 Å². The first-order chi connectivity index (χ1) is 8.83. The normalized spacial score (nSPS) is 17.1. The van der Waals surface area contributed by atoms with Crippen LogP contribution >= 0.6 is 0 Å². The van der Waals surface area contributed by atoms with Gasteiger partial charge in [0, 0.05) is 5.56 Å². The molecule has 3 rings (SSSR count). The Morgan fingerprint density at radius 3 is 2.72 bits per heavy atom. The van der Waals surface area contributed by atoms with E-state index < -0.39 is 0 Å². The zero-order valence-electron chi connectivity index (χ0n) is 10.4. The van der Waals surface area contributed by atoms with Crippen LogP contribution in [0, 0.1) is 6.92 Å². The van der Waals surface area contributed by atoms with Crippen LogP contribution in [0.2, 0.25) is 0 Å². The van der Waals surface area contributed by atoms with Crippen LogP contribution in [0.5, 0.6) is 11.5 Å². The maximum atomic E-state index is 5.82. The van der Waals surface area contributed by atoms with E-state index in [-0.39, 0.29) is 0 Å². The van der Waals surface area contributed by atoms with Gasteiger partial charge in [0.05, 0.1) is 19.1 Å². The van der Waals surface area contributed by atoms with Crippen molar-refractivity contribution in [3.8, 4) is 11.5 Å². The molecule has 1 aliphatic rings. The zero-order chi connectivity index (χ0) is 12.4. The summed E-state index contributed by atoms with van der Waals surface area (Å²) < 4.78 is 11.5. The predicted molar refractivity (Wildman–Crippen MR) is 71.4 cm³/mol. The Bertz CT molecular complexity index is 531. The number of aryl methyl sites for hydroxylation is 1. The van der Waals surface area contributed by atoms with Gasteiger partial charge in [0.2, 0.25) is 0 Å². The SMILES string of the molecule is Cc1ccc(OCC2COc3ccccc32)cc1. The largest absolute Gasteiger partial charge is 0.493 e. The van der Waals surface area contributed by atoms with Crippen molar-refractivity contribution in [2.75, 3.05) is 13.2 Å². The van der Waals surface area contributed by atoms with Crippen LogP contribution in [0.25, 0.3) is 0 Å². The number of para-hydroxylation sites is 1. The van der Waals surface area contributed by atoms with E-state index in [4.69, 9.17) is 9.47 Å². The van der Waals surface area contributed by atoms with E-state index >= 15 is 0 Å². The zero-order valence-corrected chi connectivity index (χ0v) is 10.4. The van der Waals surface area contributed by atoms with Crippen molar-refractivity contribution in [3.63, 3.8) is 0 Å². The van der Waals surface area contributed by atoms with Gasteiger partial charge in [0.15, 0.2) is 0 Å². The molecule has 0 N–H and O–H groups in total. The van der Waals surface area contributed by atoms with Crippen molar-refractivity contribution in [1.29, 1.82) is 0 Å². The lowest BCUT2D eigenvalue weighted by Gasteiger charge is -2.11. The molecule has 0 aliphatic carbocycles. The van der Waals surface area contributed by atoms with Crippen LogP contribution in [-0.4, -0.2) is 13.2 Å². The fourth-order valence-electron chi connectivity index (χ4n) is 2.20. The summed E-state index contributed by atoms with van der Waals surface area (Å²) in [5.41, 5.74) is 2.50. The molecule has 1 atom stereocenters. The maximum Gasteiger partial charge on any atom is 0.123 e. The van der Waals surface area contributed by atoms with Gasteiger partial charge in [-0.2, -0.15) is 0 Å². The highest BCUT2D eigenvalue weighted by Gasteiger charge is 2.23. The summed E-state index contributed by atoms with van der Waals surface area (Å²) in [6, 6.07) is 16.3. The van der Waals surface area contributed by atoms with Gasteiger partial charge in [-0.15, -0.1) is 0 Å². The number of hydrogen-bond donors (Lipinski definition) is 0. The Kier molecular flexibility index (Phi) is 2.93. The van der Waals surface area contributed by atoms with Crippen molar-refractivity contribution in [1.82, 2.24) is 0 Å². The molecule has 0 aromatic heterocycles. The summed E-state index contributed by atoms with van der Waals surface area (Å²) in [4.78, 5) is 0. The summed E-state index contributed by atoms with van der Waals surface area (Å²) in [6.07, 6.45) is 0. The van der Waals surface area contributed by atoms with Gasteiger partial charge in [-0.05, 0) is 25.1 Å². The lowest BCUT2D eigenvalue weighted by molar-refractivity contribution is 0.248. The van der Waals surface area contributed by atoms with Gasteiger partial charge in [-0.3, -0.25) is 0 Å². The molecule has 0 saturated carbocycles. The van der Waals surface area contributed by atoms with Gasteiger partial charge in [0.25, 0.3) is 0 Å². The van der Waals surface area contributed by atoms with Crippen LogP contribution in [0.1, 0.15) is 17.0 Å². The molecule has 1 heterocycles. The summed E-state index contributed by atoms with van der Waals surface area (Å²) >= 11 is 0. The van der Waals surface area contributed by atoms with Gasteiger partial charge in [0.1, 0.15) is 11.5 Å². The molecule has 0 amide bonds. The lowest BCUT2D eigenvalue weighted by Crippen LogP contribution is -2.11. The van der Waals surface area contributed by atoms with Crippen molar-refractivity contribution < 1.29 is 9.47 Å². The minimum Gasteiger partial charge on any atom is -0.493 e. The molecular weight excluding hydrogens is 224 g/mol. The second-order valence-electron chi connectivity index (χ2n) is 4.67. The molecule has 0 bridgehead atoms. The number of ether oxygens (including phenoxy) is 2. The van der Waals surface area contributed by atoms with Crippen LogP contribution in [0.4, 0.5) is 0 Å². The van der Waals surface area contributed by atoms with Crippen molar-refractivity contribution in [2.24, 2.45) is 0 Å². The molecule has 18 heavy (non-hydrogen) atoms. The molecule has 0 radical (unpaired) electrons. The van der Waals surface area contributed by atoms with E-state index in [2.05, 4.69) is 25.1 Å². The quantitative estimate of drug-likeness (QED) is 0.816. The van der Waals surface area contributed by atoms with Crippen molar-refractivity contribution in [2.45, 2.75) is 12.8 Å². The summed E-state index contributed by atoms with van der Waals surface area (Å²) in [5.74, 6) is 2.25. The highest BCUT2D eigenvalue weighted by Crippen LogP contribution is 2.33. The highest BCUT2D eigenvalue weighted by atomic mass is 16.5. The van der Waals surface area contributed by atoms with Crippen LogP contribution in [-0.2, 0) is 0 Å². The van der Waals surface area contributed by atoms with Gasteiger partial charge < -0.3 is 9.47 Å². The lowest BCUT2D eigenvalue weighted by atomic mass is 10.0. The Labute approximate surface area is 107 Å². The van der Waals surface area contributed by atoms with E-state index in [0.717, 1.165) is 11.5 Å². The maximum absolute atomic E-state index is 5.82. The fourth-order valence-corrected chi connectivity index (χ4v) is 2.20. The molecule has 2 aromatic rings. The first-order valence-electron chi connectivity index (χ1n) is 6.24. The summed E-state index contributed by atoms with van der Waals surface area (Å²) in [7, 11) is 0. The average molecular weight is 240 g/mol. The Morgan fingerprint density at radius 2 is 1.89 bits per heavy atom. The Balaban J connectivity index is 1.67. The fraction of sp³-hybridized carbons (Fsp3) is 0.250. The van der Waals surface area contributed by atoms with Crippen molar-refractivity contribution >= 4 is 0 Å². The molecule has 0 spiro atoms. The minimum atomic E-state index is 0.336. The third-order valence-corrected chi connectivity index (χ3v) is 3.27. The second kappa shape index (κ2) is 4.73. The first kappa shape index (κ1) is 11.1. The minimum absolute atomic E-state index is 0.336. The molecule has 2 heteroatoms. The molecule has 2 nitrogen and oxygen atoms in total. The van der Waals surface area contributed by atoms with E-state index in [9.17, 15) is 0 Å². The number of fused-ring (bicyclic) bond motifs is 1. The topological polar surface area (TPSA) is 18.5 Å². The molecule has 1 unspecified atom stereocenters. The average Bonchev–Trinajstić information content (AvgIpc) is 2.82. The molecule has 0 fully saturated rings. The third-order valence-electron chi connectivity index (χ3n) is 3.27. The van der Waals surface area contributed by atoms with Gasteiger partial charge >= 0.3 is 0 Å². The van der Waals surface area contributed by atoms with E-state index in [0.29, 0.717) is 19.1 Å². The van der Waals surface area contributed by atoms with E-state index in [1.165, 1.54) is 11.1 Å². The van der Waals surface area contributed by atoms with Crippen molar-refractivity contribution in [3.05, 3.63) is 59.7 Å². The highest BCUT2D eigenvalue weighted by molar-refractivity contribution is 5.39. The molecule has 2 aromatic carbocycles. The van der Waals surface area contributed by atoms with Crippen LogP contribution in [0.15, 0.2) is 48.5 Å². The number of hydrogen-bond acceptors (Lipinski definition) is 2. The van der Waals surface area contributed by atoms with Gasteiger partial charge in [-0.25, -0.2) is 0 Å². The van der Waals surface area contributed by atoms with E-state index in [1.807, 2.05) is 30.3 Å². The Morgan fingerprint density at radius 1 is 1.11 bits per heavy atom. The molecular formula is C16H16O2. The molecule has 0 saturated heterocycles. The summed E-state index contributed by atoms with van der Waals surface area (Å²) in [5, 5.41) is 0. The molecule has 1 aliphatic heterocycles. The third kappa shape index (κ3) is 2.19. The molecule has 92 valence electrons.